The molecule has 7 atom stereocenters. The fourth-order valence-electron chi connectivity index (χ4n) is 19.0. The van der Waals surface area contributed by atoms with Gasteiger partial charge in [0.1, 0.15) is 70.3 Å². The number of hydrogen-bond acceptors (Lipinski definition) is 33. The van der Waals surface area contributed by atoms with Crippen molar-refractivity contribution in [2.45, 2.75) is 204 Å². The molecule has 2 unspecified atom stereocenters. The van der Waals surface area contributed by atoms with Gasteiger partial charge in [-0.05, 0) is 175 Å². The topological polar surface area (TPSA) is 458 Å². The summed E-state index contributed by atoms with van der Waals surface area (Å²) in [6.45, 7) is 15.0. The van der Waals surface area contributed by atoms with Gasteiger partial charge in [0.2, 0.25) is 11.8 Å². The molecule has 144 heavy (non-hydrogen) atoms. The largest absolute Gasteiger partial charge is 0.490 e. The number of alkyl halides is 4. The second kappa shape index (κ2) is 46.2. The zero-order chi connectivity index (χ0) is 101. The van der Waals surface area contributed by atoms with Gasteiger partial charge in [0.25, 0.3) is 23.6 Å². The maximum atomic E-state index is 13.8. The number of fused-ring (bicyclic) bond motifs is 3. The maximum Gasteiger partial charge on any atom is 0.321 e. The van der Waals surface area contributed by atoms with Gasteiger partial charge < -0.3 is 74.0 Å². The first-order valence-corrected chi connectivity index (χ1v) is 52.0. The number of nitrogens with two attached hydrogens (primary N) is 1. The van der Waals surface area contributed by atoms with Crippen LogP contribution in [0.4, 0.5) is 46.7 Å². The van der Waals surface area contributed by atoms with Crippen LogP contribution in [0.5, 0.6) is 29.8 Å². The number of sulfone groups is 1. The molecular formula is C101H125F4N25O13S. The first-order chi connectivity index (χ1) is 69.5. The quantitative estimate of drug-likeness (QED) is 0.0142. The number of aromatic amines is 2. The van der Waals surface area contributed by atoms with E-state index in [0.717, 1.165) is 180 Å². The number of carbonyl (C=O) groups excluding carboxylic acids is 4. The van der Waals surface area contributed by atoms with Crippen molar-refractivity contribution in [2.75, 3.05) is 150 Å². The Morgan fingerprint density at radius 2 is 1.22 bits per heavy atom. The minimum absolute atomic E-state index is 0.0243. The lowest BCUT2D eigenvalue weighted by molar-refractivity contribution is 0.0643. The standard InChI is InChI=1S/C27H36N4O3.C26H27F2N7O2.C25H33N7O5S.C23H29F2N7O3/c1-5-18(2)15-25(32)24-16-26(30-27(29-24)34-19(3)17-33-4)31-13-10-20(11-14-31)21-8-9-23-22(21)7-6-12-28-23;1-2-26(7-8-26)15-37-25-30-20(24(36)35-13-18(27)19(28)14-35)12-21(31-25)34-10-5-16(6-11-34)22-17-4-3-9-29-23(17)33-32-22;1-16(15-38(2,34)35)27-24(33)20-13-21(29-25(28-20)37-14-18-5-4-12-36-18)32-10-7-17(8-11-32)22-19-6-3-9-26-23(19)31-30-22;24-23(25)10-15(23)13-35-22-30-19(20(33)28-16-2-1-3-16)29-21(31-22)32-8-5-14(6-9-32)12-34-18-11-27-7-4-17(18)26/h6-8,12,16,18-20H,5,9-11,13-15,17H2,1-4H3;1,3-4,9,12,16,18-19H,5-8,10-11,13-15H2,(H,29,32,33);3,6,9,13,16-18H,4-5,7-8,10-12,14-15H2,1-2H3,(H,27,33)(H,26,30,31);4,7,11,14-16H,1-3,5-6,8-10,12-13H2,(H2,26,27)(H,28,33)/t18-,19+;18-,19-;16?,18-;/m101./s1. The van der Waals surface area contributed by atoms with Crippen molar-refractivity contribution in [1.82, 2.24) is 101 Å². The zero-order valence-electron chi connectivity index (χ0n) is 81.9. The van der Waals surface area contributed by atoms with Gasteiger partial charge in [-0.1, -0.05) is 38.3 Å². The fraction of sp³-hybridized carbons (Fsp3) is 0.554. The number of aromatic nitrogens is 17. The van der Waals surface area contributed by atoms with E-state index < -0.39 is 57.8 Å². The number of Topliss-reactive ketones (excluding diaryl/α,β-unsaturated/α-hetero) is 1. The molecule has 10 aromatic heterocycles. The monoisotopic (exact) mass is 2000 g/mol. The molecule has 9 fully saturated rings. The summed E-state index contributed by atoms with van der Waals surface area (Å²) < 4.78 is 117. The summed E-state index contributed by atoms with van der Waals surface area (Å²) in [5.74, 6) is 2.12. The van der Waals surface area contributed by atoms with Gasteiger partial charge in [0.05, 0.1) is 67.1 Å². The van der Waals surface area contributed by atoms with Gasteiger partial charge in [-0.3, -0.25) is 39.3 Å². The molecule has 766 valence electrons. The van der Waals surface area contributed by atoms with E-state index >= 15 is 0 Å². The molecule has 3 amide bonds. The Bertz CT molecular complexity index is 6330. The third-order valence-corrected chi connectivity index (χ3v) is 29.3. The van der Waals surface area contributed by atoms with Crippen molar-refractivity contribution >= 4 is 90.1 Å². The number of nitrogens with zero attached hydrogens (tertiary/aromatic N) is 20. The predicted molar refractivity (Wildman–Crippen MR) is 529 cm³/mol. The van der Waals surface area contributed by atoms with E-state index in [1.807, 2.05) is 54.4 Å². The number of halogens is 4. The molecule has 43 heteroatoms. The van der Waals surface area contributed by atoms with E-state index in [2.05, 4.69) is 142 Å². The summed E-state index contributed by atoms with van der Waals surface area (Å²) >= 11 is 0. The summed E-state index contributed by atoms with van der Waals surface area (Å²) in [4.78, 5) is 118. The molecule has 0 spiro atoms. The summed E-state index contributed by atoms with van der Waals surface area (Å²) in [6.07, 6.45) is 29.9. The summed E-state index contributed by atoms with van der Waals surface area (Å²) in [6, 6.07) is 18.7. The fourth-order valence-corrected chi connectivity index (χ4v) is 20.0. The number of rotatable bonds is 34. The molecular weight excluding hydrogens is 1880 g/mol. The molecule has 4 aliphatic carbocycles. The smallest absolute Gasteiger partial charge is 0.321 e. The number of ketones is 1. The number of terminal acetylenes is 1. The number of methoxy groups -OCH3 is 1. The molecule has 0 radical (unpaired) electrons. The van der Waals surface area contributed by atoms with Crippen LogP contribution in [0, 0.1) is 41.4 Å². The average Bonchev–Trinajstić information content (AvgIpc) is 1.63. The number of ether oxygens (including phenoxy) is 7. The Morgan fingerprint density at radius 1 is 0.646 bits per heavy atom. The number of nitrogens with one attached hydrogen (secondary N) is 4. The molecule has 10 aliphatic rings. The van der Waals surface area contributed by atoms with E-state index in [0.29, 0.717) is 123 Å². The van der Waals surface area contributed by atoms with Crippen molar-refractivity contribution in [2.24, 2.45) is 29.1 Å². The third-order valence-electron chi connectivity index (χ3n) is 28.2. The summed E-state index contributed by atoms with van der Waals surface area (Å²) in [5, 5.41) is 22.7. The molecule has 0 bridgehead atoms. The van der Waals surface area contributed by atoms with E-state index in [4.69, 9.17) is 45.3 Å². The first kappa shape index (κ1) is 102. The Labute approximate surface area is 832 Å². The molecule has 6 N–H and O–H groups in total. The Kier molecular flexibility index (Phi) is 32.8. The molecule has 6 aliphatic heterocycles. The summed E-state index contributed by atoms with van der Waals surface area (Å²) in [7, 11) is -1.61. The van der Waals surface area contributed by atoms with E-state index in [1.54, 1.807) is 57.0 Å². The lowest BCUT2D eigenvalue weighted by atomic mass is 9.86. The number of carbonyl (C=O) groups is 4. The summed E-state index contributed by atoms with van der Waals surface area (Å²) in [5.41, 5.74) is 14.3. The van der Waals surface area contributed by atoms with Gasteiger partial charge >= 0.3 is 24.0 Å². The van der Waals surface area contributed by atoms with Crippen LogP contribution < -0.4 is 59.7 Å². The SMILES string of the molecule is C#CC1(COc2nc(C(=O)N3C[C@H](F)[C@@H](F)C3)cc(N3CCC(c4[nH]nc5ncccc45)CC3)n2)CC1.CC(CS(C)(=O)=O)NC(=O)c1cc(N2CCC(c3[nH]nc4ncccc34)CC2)nc(OC[C@H]2CCCO2)n1.CC[C@@H](C)CC(=O)c1cc(N2CCC(C3=CCc4ncccc43)CC2)nc(O[C@@H](C)COC)n1.Nc1ccncc1OCC1CCN(c2nc(OCC3CC3(F)F)nc(C(=O)NC3CCC3)n2)CC1. The first-order valence-electron chi connectivity index (χ1n) is 49.9. The van der Waals surface area contributed by atoms with Crippen LogP contribution in [0.25, 0.3) is 27.6 Å². The molecule has 20 rings (SSSR count). The lowest BCUT2D eigenvalue weighted by Gasteiger charge is -2.34. The number of allylic oxidation sites excluding steroid dienone is 2. The minimum Gasteiger partial charge on any atom is -0.490 e. The van der Waals surface area contributed by atoms with E-state index in [-0.39, 0.29) is 115 Å². The number of anilines is 5. The molecule has 16 heterocycles. The Morgan fingerprint density at radius 3 is 1.81 bits per heavy atom. The number of hydrogen-bond donors (Lipinski definition) is 5. The highest BCUT2D eigenvalue weighted by atomic mass is 32.2. The van der Waals surface area contributed by atoms with E-state index in [9.17, 15) is 45.2 Å². The number of likely N-dealkylation sites (tertiary alicyclic amines) is 1. The zero-order valence-corrected chi connectivity index (χ0v) is 82.8. The number of amides is 3. The van der Waals surface area contributed by atoms with Gasteiger partial charge in [-0.15, -0.1) is 6.42 Å². The number of nitrogen functional groups attached to an aromatic ring is 1. The van der Waals surface area contributed by atoms with Gasteiger partial charge in [-0.2, -0.15) is 55.1 Å². The van der Waals surface area contributed by atoms with Crippen LogP contribution in [-0.2, 0) is 25.7 Å². The molecule has 38 nitrogen and oxygen atoms in total. The Hall–Kier alpha value is -13.2. The molecule has 10 aromatic rings. The molecule has 0 aromatic carbocycles. The highest BCUT2D eigenvalue weighted by molar-refractivity contribution is 7.90. The lowest BCUT2D eigenvalue weighted by Crippen LogP contribution is -2.41. The van der Waals surface area contributed by atoms with Gasteiger partial charge in [0.15, 0.2) is 35.2 Å². The van der Waals surface area contributed by atoms with Crippen LogP contribution in [0.2, 0.25) is 0 Å². The highest BCUT2D eigenvalue weighted by Crippen LogP contribution is 2.49. The van der Waals surface area contributed by atoms with Crippen LogP contribution in [-0.4, -0.2) is 289 Å². The molecule has 3 saturated carbocycles. The van der Waals surface area contributed by atoms with Crippen molar-refractivity contribution < 1.29 is 78.3 Å². The van der Waals surface area contributed by atoms with E-state index in [1.165, 1.54) is 16.8 Å². The van der Waals surface area contributed by atoms with Crippen molar-refractivity contribution in [3.8, 4) is 42.1 Å². The Balaban J connectivity index is 0.000000132. The molecule has 6 saturated heterocycles. The third kappa shape index (κ3) is 26.3. The van der Waals surface area contributed by atoms with Gasteiger partial charge in [0, 0.05) is 181 Å². The predicted octanol–water partition coefficient (Wildman–Crippen LogP) is 12.1. The highest BCUT2D eigenvalue weighted by Gasteiger charge is 2.57. The van der Waals surface area contributed by atoms with Crippen LogP contribution in [0.3, 0.4) is 0 Å². The maximum absolute atomic E-state index is 13.8. The van der Waals surface area contributed by atoms with Crippen molar-refractivity contribution in [3.63, 3.8) is 0 Å². The van der Waals surface area contributed by atoms with Crippen LogP contribution in [0.15, 0.2) is 97.7 Å². The second-order valence-corrected chi connectivity index (χ2v) is 41.4. The van der Waals surface area contributed by atoms with Crippen LogP contribution in [0.1, 0.15) is 220 Å². The van der Waals surface area contributed by atoms with Crippen molar-refractivity contribution in [3.05, 3.63) is 143 Å². The normalized spacial score (nSPS) is 20.6. The number of H-pyrrole nitrogens is 2. The average molecular weight is 2010 g/mol. The second-order valence-electron chi connectivity index (χ2n) is 39.2. The number of pyridine rings is 4. The number of piperidine rings is 4. The van der Waals surface area contributed by atoms with Crippen LogP contribution >= 0.6 is 0 Å². The van der Waals surface area contributed by atoms with Gasteiger partial charge in [-0.25, -0.2) is 35.9 Å². The van der Waals surface area contributed by atoms with Crippen molar-refractivity contribution in [1.29, 1.82) is 0 Å². The minimum atomic E-state index is -3.25.